The first-order valence-corrected chi connectivity index (χ1v) is 12.1. The number of fused-ring (bicyclic) bond motifs is 3. The van der Waals surface area contributed by atoms with Crippen molar-refractivity contribution in [2.75, 3.05) is 0 Å². The van der Waals surface area contributed by atoms with Crippen molar-refractivity contribution in [1.29, 1.82) is 0 Å². The molecule has 0 bridgehead atoms. The van der Waals surface area contributed by atoms with Crippen molar-refractivity contribution in [3.63, 3.8) is 0 Å². The molecule has 3 atom stereocenters. The number of benzene rings is 2. The molecule has 32 heavy (non-hydrogen) atoms. The molecule has 1 aliphatic carbocycles. The predicted molar refractivity (Wildman–Crippen MR) is 127 cm³/mol. The summed E-state index contributed by atoms with van der Waals surface area (Å²) >= 11 is 1.70. The van der Waals surface area contributed by atoms with Crippen molar-refractivity contribution >= 4 is 28.9 Å². The number of carbonyl (C=O) groups is 1. The van der Waals surface area contributed by atoms with Crippen LogP contribution in [0.4, 0.5) is 4.39 Å². The lowest BCUT2D eigenvalue weighted by molar-refractivity contribution is -0.156. The monoisotopic (exact) mass is 450 g/mol. The van der Waals surface area contributed by atoms with E-state index in [9.17, 15) is 9.18 Å². The Morgan fingerprint density at radius 2 is 1.81 bits per heavy atom. The fraction of sp³-hybridized carbons (Fsp3) is 0.360. The molecule has 0 radical (unpaired) electrons. The van der Waals surface area contributed by atoms with Crippen LogP contribution in [0.5, 0.6) is 0 Å². The van der Waals surface area contributed by atoms with Gasteiger partial charge in [-0.3, -0.25) is 15.1 Å². The largest absolute Gasteiger partial charge is 0.307 e. The molecule has 0 spiro atoms. The van der Waals surface area contributed by atoms with Gasteiger partial charge in [-0.2, -0.15) is 5.10 Å². The summed E-state index contributed by atoms with van der Waals surface area (Å²) in [6.45, 7) is 4.25. The molecular weight excluding hydrogens is 423 g/mol. The number of hydrazone groups is 1. The Kier molecular flexibility index (Phi) is 5.91. The number of amidine groups is 1. The Balaban J connectivity index is 1.36. The van der Waals surface area contributed by atoms with E-state index >= 15 is 0 Å². The summed E-state index contributed by atoms with van der Waals surface area (Å²) in [4.78, 5) is 17.6. The lowest BCUT2D eigenvalue weighted by Gasteiger charge is -2.50. The van der Waals surface area contributed by atoms with Gasteiger partial charge in [-0.25, -0.2) is 4.39 Å². The van der Waals surface area contributed by atoms with Crippen molar-refractivity contribution in [3.05, 3.63) is 77.6 Å². The molecule has 0 aromatic heterocycles. The third-order valence-electron chi connectivity index (χ3n) is 6.59. The quantitative estimate of drug-likeness (QED) is 0.713. The zero-order valence-corrected chi connectivity index (χ0v) is 18.7. The Bertz CT molecular complexity index is 1020. The van der Waals surface area contributed by atoms with E-state index in [0.29, 0.717) is 6.54 Å². The number of halogens is 1. The highest BCUT2D eigenvalue weighted by atomic mass is 32.2. The summed E-state index contributed by atoms with van der Waals surface area (Å²) in [7, 11) is 0. The average Bonchev–Trinajstić information content (AvgIpc) is 3.26. The van der Waals surface area contributed by atoms with Gasteiger partial charge in [0.25, 0.3) is 0 Å². The van der Waals surface area contributed by atoms with Gasteiger partial charge in [-0.15, -0.1) is 0 Å². The standard InChI is InChI=1S/C25H27FN4OS/c1-2-17-7-9-19(10-8-17)16-32-25-28-27-24-29(15-18-11-13-20(26)14-12-18)23(31)21-5-3-4-6-22(21)30(24)25/h2,7-14,21-22,24,27H,1,3-6,15-16H2. The lowest BCUT2D eigenvalue weighted by atomic mass is 9.81. The highest BCUT2D eigenvalue weighted by molar-refractivity contribution is 8.13. The van der Waals surface area contributed by atoms with Crippen LogP contribution in [0.3, 0.4) is 0 Å². The van der Waals surface area contributed by atoms with Gasteiger partial charge in [-0.05, 0) is 41.7 Å². The number of amides is 1. The SMILES string of the molecule is C=Cc1ccc(CSC2=NNC3N(Cc4ccc(F)cc4)C(=O)C4CCCCC4N23)cc1. The van der Waals surface area contributed by atoms with Gasteiger partial charge in [0.15, 0.2) is 11.5 Å². The highest BCUT2D eigenvalue weighted by Gasteiger charge is 2.50. The van der Waals surface area contributed by atoms with Gasteiger partial charge in [0.2, 0.25) is 5.91 Å². The Morgan fingerprint density at radius 1 is 1.09 bits per heavy atom. The van der Waals surface area contributed by atoms with Crippen LogP contribution in [0.25, 0.3) is 6.08 Å². The zero-order chi connectivity index (χ0) is 22.1. The minimum absolute atomic E-state index is 0.0157. The summed E-state index contributed by atoms with van der Waals surface area (Å²) in [5.41, 5.74) is 6.47. The van der Waals surface area contributed by atoms with Crippen LogP contribution in [0, 0.1) is 11.7 Å². The molecule has 3 aliphatic rings. The molecule has 166 valence electrons. The van der Waals surface area contributed by atoms with Crippen LogP contribution in [-0.4, -0.2) is 33.2 Å². The van der Waals surface area contributed by atoms with E-state index in [4.69, 9.17) is 0 Å². The lowest BCUT2D eigenvalue weighted by Crippen LogP contribution is -2.66. The molecule has 3 unspecified atom stereocenters. The summed E-state index contributed by atoms with van der Waals surface area (Å²) in [6, 6.07) is 14.9. The fourth-order valence-corrected chi connectivity index (χ4v) is 5.89. The maximum atomic E-state index is 13.4. The van der Waals surface area contributed by atoms with Gasteiger partial charge in [-0.1, -0.05) is 73.7 Å². The van der Waals surface area contributed by atoms with E-state index in [1.165, 1.54) is 17.7 Å². The predicted octanol–water partition coefficient (Wildman–Crippen LogP) is 4.76. The molecule has 1 saturated carbocycles. The molecule has 5 nitrogen and oxygen atoms in total. The van der Waals surface area contributed by atoms with E-state index in [1.807, 2.05) is 11.0 Å². The minimum Gasteiger partial charge on any atom is -0.307 e. The number of nitrogens with zero attached hydrogens (tertiary/aromatic N) is 3. The molecular formula is C25H27FN4OS. The highest BCUT2D eigenvalue weighted by Crippen LogP contribution is 2.39. The summed E-state index contributed by atoms with van der Waals surface area (Å²) in [5, 5.41) is 5.59. The molecule has 2 aromatic rings. The summed E-state index contributed by atoms with van der Waals surface area (Å²) in [6.07, 6.45) is 5.68. The smallest absolute Gasteiger partial charge is 0.231 e. The van der Waals surface area contributed by atoms with Crippen LogP contribution >= 0.6 is 11.8 Å². The van der Waals surface area contributed by atoms with Crippen molar-refractivity contribution in [2.24, 2.45) is 11.0 Å². The van der Waals surface area contributed by atoms with Crippen LogP contribution in [0.2, 0.25) is 0 Å². The number of thioether (sulfide) groups is 1. The first-order valence-electron chi connectivity index (χ1n) is 11.1. The molecule has 5 rings (SSSR count). The van der Waals surface area contributed by atoms with Crippen LogP contribution in [0.1, 0.15) is 42.4 Å². The second-order valence-corrected chi connectivity index (χ2v) is 9.53. The average molecular weight is 451 g/mol. The molecule has 1 saturated heterocycles. The Hall–Kier alpha value is -2.80. The first kappa shape index (κ1) is 21.1. The molecule has 2 heterocycles. The van der Waals surface area contributed by atoms with Crippen molar-refractivity contribution in [2.45, 2.75) is 50.3 Å². The normalized spacial score (nSPS) is 24.5. The van der Waals surface area contributed by atoms with Gasteiger partial charge in [0, 0.05) is 18.3 Å². The van der Waals surface area contributed by atoms with Crippen molar-refractivity contribution in [3.8, 4) is 0 Å². The van der Waals surface area contributed by atoms with Gasteiger partial charge >= 0.3 is 0 Å². The first-order chi connectivity index (χ1) is 15.6. The third-order valence-corrected chi connectivity index (χ3v) is 7.63. The second kappa shape index (κ2) is 8.98. The number of carbonyl (C=O) groups excluding carboxylic acids is 1. The summed E-state index contributed by atoms with van der Waals surface area (Å²) in [5.74, 6) is 0.701. The van der Waals surface area contributed by atoms with Crippen molar-refractivity contribution in [1.82, 2.24) is 15.2 Å². The van der Waals surface area contributed by atoms with E-state index < -0.39 is 0 Å². The number of hydrogen-bond acceptors (Lipinski definition) is 5. The number of hydrogen-bond donors (Lipinski definition) is 1. The number of rotatable bonds is 5. The van der Waals surface area contributed by atoms with Crippen LogP contribution < -0.4 is 5.43 Å². The second-order valence-electron chi connectivity index (χ2n) is 8.59. The molecule has 2 aliphatic heterocycles. The van der Waals surface area contributed by atoms with E-state index in [-0.39, 0.29) is 30.0 Å². The summed E-state index contributed by atoms with van der Waals surface area (Å²) < 4.78 is 13.4. The number of nitrogens with one attached hydrogen (secondary N) is 1. The Morgan fingerprint density at radius 3 is 2.56 bits per heavy atom. The van der Waals surface area contributed by atoms with E-state index in [0.717, 1.165) is 47.7 Å². The maximum absolute atomic E-state index is 13.4. The fourth-order valence-electron chi connectivity index (χ4n) is 4.90. The van der Waals surface area contributed by atoms with E-state index in [2.05, 4.69) is 46.3 Å². The Labute approximate surface area is 192 Å². The molecule has 7 heteroatoms. The zero-order valence-electron chi connectivity index (χ0n) is 17.9. The minimum atomic E-state index is -0.294. The molecule has 1 amide bonds. The van der Waals surface area contributed by atoms with Crippen LogP contribution in [0.15, 0.2) is 60.2 Å². The van der Waals surface area contributed by atoms with E-state index in [1.54, 1.807) is 23.9 Å². The third kappa shape index (κ3) is 4.01. The van der Waals surface area contributed by atoms with Gasteiger partial charge in [0.05, 0.1) is 5.92 Å². The maximum Gasteiger partial charge on any atom is 0.231 e. The van der Waals surface area contributed by atoms with Gasteiger partial charge < -0.3 is 4.90 Å². The van der Waals surface area contributed by atoms with Gasteiger partial charge in [0.1, 0.15) is 5.82 Å². The molecule has 1 N–H and O–H groups in total. The molecule has 2 aromatic carbocycles. The van der Waals surface area contributed by atoms with Crippen LogP contribution in [-0.2, 0) is 17.1 Å². The molecule has 2 fully saturated rings. The topological polar surface area (TPSA) is 47.9 Å². The van der Waals surface area contributed by atoms with Crippen molar-refractivity contribution < 1.29 is 9.18 Å².